The van der Waals surface area contributed by atoms with Crippen LogP contribution in [-0.4, -0.2) is 50.3 Å². The number of ether oxygens (including phenoxy) is 1. The Morgan fingerprint density at radius 2 is 2.12 bits per heavy atom. The minimum absolute atomic E-state index is 0.0714. The number of H-pyrrole nitrogens is 1. The second-order valence-corrected chi connectivity index (χ2v) is 8.10. The number of hydrogen-bond donors (Lipinski definition) is 2. The molecule has 140 valence electrons. The van der Waals surface area contributed by atoms with Gasteiger partial charge in [0.15, 0.2) is 0 Å². The average Bonchev–Trinajstić information content (AvgIpc) is 2.93. The smallest absolute Gasteiger partial charge is 0.253 e. The lowest BCUT2D eigenvalue weighted by atomic mass is 10.2. The first kappa shape index (κ1) is 18.6. The van der Waals surface area contributed by atoms with E-state index in [4.69, 9.17) is 4.74 Å². The zero-order chi connectivity index (χ0) is 18.9. The number of aryl methyl sites for hydroxylation is 3. The van der Waals surface area contributed by atoms with Crippen molar-refractivity contribution in [3.05, 3.63) is 41.2 Å². The molecule has 1 unspecified atom stereocenters. The number of rotatable bonds is 5. The number of morpholine rings is 1. The average molecular weight is 378 g/mol. The van der Waals surface area contributed by atoms with Crippen molar-refractivity contribution in [3.8, 4) is 0 Å². The van der Waals surface area contributed by atoms with Crippen LogP contribution in [0.25, 0.3) is 0 Å². The summed E-state index contributed by atoms with van der Waals surface area (Å²) in [5.41, 5.74) is 2.73. The fourth-order valence-electron chi connectivity index (χ4n) is 3.01. The molecular formula is C17H22N4O4S. The Bertz CT molecular complexity index is 903. The van der Waals surface area contributed by atoms with Gasteiger partial charge in [-0.05, 0) is 38.5 Å². The first-order valence-corrected chi connectivity index (χ1v) is 9.76. The maximum Gasteiger partial charge on any atom is 0.253 e. The van der Waals surface area contributed by atoms with Crippen LogP contribution in [0.1, 0.15) is 17.0 Å². The van der Waals surface area contributed by atoms with E-state index in [0.29, 0.717) is 11.4 Å². The number of anilines is 1. The van der Waals surface area contributed by atoms with Crippen LogP contribution in [0.15, 0.2) is 29.2 Å². The number of nitrogens with zero attached hydrogens (tertiary/aromatic N) is 2. The molecule has 2 aromatic rings. The number of aromatic amines is 1. The van der Waals surface area contributed by atoms with Gasteiger partial charge in [-0.25, -0.2) is 13.1 Å². The Morgan fingerprint density at radius 1 is 1.35 bits per heavy atom. The van der Waals surface area contributed by atoms with Gasteiger partial charge in [-0.2, -0.15) is 5.10 Å². The van der Waals surface area contributed by atoms with Gasteiger partial charge in [0.1, 0.15) is 11.5 Å². The van der Waals surface area contributed by atoms with Crippen molar-refractivity contribution in [3.63, 3.8) is 0 Å². The Balaban J connectivity index is 1.70. The van der Waals surface area contributed by atoms with Crippen molar-refractivity contribution in [2.24, 2.45) is 0 Å². The quantitative estimate of drug-likeness (QED) is 0.809. The van der Waals surface area contributed by atoms with Crippen LogP contribution in [0.3, 0.4) is 0 Å². The van der Waals surface area contributed by atoms with Gasteiger partial charge in [0, 0.05) is 12.2 Å². The van der Waals surface area contributed by atoms with Crippen LogP contribution < -0.4 is 9.62 Å². The zero-order valence-corrected chi connectivity index (χ0v) is 15.8. The molecule has 0 saturated carbocycles. The third-order valence-corrected chi connectivity index (χ3v) is 5.96. The maximum absolute atomic E-state index is 12.5. The first-order chi connectivity index (χ1) is 12.3. The minimum atomic E-state index is -3.71. The van der Waals surface area contributed by atoms with Crippen molar-refractivity contribution < 1.29 is 17.9 Å². The number of aromatic nitrogens is 2. The van der Waals surface area contributed by atoms with Gasteiger partial charge in [-0.1, -0.05) is 12.1 Å². The summed E-state index contributed by atoms with van der Waals surface area (Å²) in [7, 11) is -3.71. The number of carbonyl (C=O) groups is 1. The number of carbonyl (C=O) groups excluding carboxylic acids is 1. The second kappa shape index (κ2) is 7.18. The summed E-state index contributed by atoms with van der Waals surface area (Å²) in [4.78, 5) is 14.0. The van der Waals surface area contributed by atoms with Crippen LogP contribution in [0.4, 0.5) is 5.69 Å². The van der Waals surface area contributed by atoms with E-state index >= 15 is 0 Å². The molecule has 2 heterocycles. The van der Waals surface area contributed by atoms with Crippen LogP contribution in [-0.2, 0) is 19.6 Å². The molecule has 1 amide bonds. The van der Waals surface area contributed by atoms with Gasteiger partial charge >= 0.3 is 0 Å². The standard InChI is InChI=1S/C17H22N4O4S/c1-11-5-4-6-14(7-11)21-9-15(25-10-16(21)22)8-18-26(23,24)17-12(2)19-20-13(17)3/h4-7,15,18H,8-10H2,1-3H3,(H,19,20). The third-order valence-electron chi connectivity index (χ3n) is 4.27. The molecule has 8 nitrogen and oxygen atoms in total. The molecule has 1 aliphatic rings. The molecule has 1 aromatic heterocycles. The first-order valence-electron chi connectivity index (χ1n) is 8.28. The highest BCUT2D eigenvalue weighted by atomic mass is 32.2. The molecule has 2 N–H and O–H groups in total. The fourth-order valence-corrected chi connectivity index (χ4v) is 4.44. The van der Waals surface area contributed by atoms with E-state index < -0.39 is 16.1 Å². The molecule has 3 rings (SSSR count). The highest BCUT2D eigenvalue weighted by molar-refractivity contribution is 7.89. The third kappa shape index (κ3) is 3.79. The molecular weight excluding hydrogens is 356 g/mol. The molecule has 26 heavy (non-hydrogen) atoms. The summed E-state index contributed by atoms with van der Waals surface area (Å²) in [6.45, 7) is 5.52. The lowest BCUT2D eigenvalue weighted by Gasteiger charge is -2.33. The Hall–Kier alpha value is -2.23. The number of hydrogen-bond acceptors (Lipinski definition) is 5. The van der Waals surface area contributed by atoms with E-state index in [1.807, 2.05) is 31.2 Å². The molecule has 1 saturated heterocycles. The highest BCUT2D eigenvalue weighted by Gasteiger charge is 2.29. The molecule has 1 fully saturated rings. The van der Waals surface area contributed by atoms with E-state index in [9.17, 15) is 13.2 Å². The van der Waals surface area contributed by atoms with Gasteiger partial charge in [0.05, 0.1) is 24.0 Å². The summed E-state index contributed by atoms with van der Waals surface area (Å²) in [6, 6.07) is 7.61. The second-order valence-electron chi connectivity index (χ2n) is 6.39. The number of benzene rings is 1. The number of sulfonamides is 1. The van der Waals surface area contributed by atoms with Crippen LogP contribution in [0, 0.1) is 20.8 Å². The summed E-state index contributed by atoms with van der Waals surface area (Å²) < 4.78 is 33.1. The van der Waals surface area contributed by atoms with E-state index in [1.165, 1.54) is 0 Å². The van der Waals surface area contributed by atoms with Crippen molar-refractivity contribution in [1.82, 2.24) is 14.9 Å². The van der Waals surface area contributed by atoms with Crippen molar-refractivity contribution in [2.75, 3.05) is 24.6 Å². The van der Waals surface area contributed by atoms with Crippen LogP contribution in [0.2, 0.25) is 0 Å². The molecule has 1 atom stereocenters. The van der Waals surface area contributed by atoms with Crippen LogP contribution in [0.5, 0.6) is 0 Å². The Kier molecular flexibility index (Phi) is 5.12. The molecule has 1 aromatic carbocycles. The zero-order valence-electron chi connectivity index (χ0n) is 14.9. The summed E-state index contributed by atoms with van der Waals surface area (Å²) in [5, 5.41) is 6.59. The van der Waals surface area contributed by atoms with E-state index in [1.54, 1.807) is 18.7 Å². The number of amides is 1. The predicted octanol–water partition coefficient (Wildman–Crippen LogP) is 1.05. The fraction of sp³-hybridized carbons (Fsp3) is 0.412. The van der Waals surface area contributed by atoms with Crippen LogP contribution >= 0.6 is 0 Å². The lowest BCUT2D eigenvalue weighted by Crippen LogP contribution is -2.50. The van der Waals surface area contributed by atoms with Gasteiger partial charge in [0.25, 0.3) is 5.91 Å². The van der Waals surface area contributed by atoms with Crippen molar-refractivity contribution in [2.45, 2.75) is 31.8 Å². The maximum atomic E-state index is 12.5. The van der Waals surface area contributed by atoms with Crippen molar-refractivity contribution >= 4 is 21.6 Å². The SMILES string of the molecule is Cc1cccc(N2CC(CNS(=O)(=O)c3c(C)n[nH]c3C)OCC2=O)c1. The topological polar surface area (TPSA) is 104 Å². The van der Waals surface area contributed by atoms with Gasteiger partial charge < -0.3 is 9.64 Å². The monoisotopic (exact) mass is 378 g/mol. The largest absolute Gasteiger partial charge is 0.365 e. The molecule has 0 bridgehead atoms. The van der Waals surface area contributed by atoms with Gasteiger partial charge in [0.2, 0.25) is 10.0 Å². The molecule has 9 heteroatoms. The lowest BCUT2D eigenvalue weighted by molar-refractivity contribution is -0.129. The van der Waals surface area contributed by atoms with E-state index in [2.05, 4.69) is 14.9 Å². The summed E-state index contributed by atoms with van der Waals surface area (Å²) >= 11 is 0. The molecule has 1 aliphatic heterocycles. The van der Waals surface area contributed by atoms with E-state index in [0.717, 1.165) is 11.3 Å². The summed E-state index contributed by atoms with van der Waals surface area (Å²) in [6.07, 6.45) is -0.435. The minimum Gasteiger partial charge on any atom is -0.365 e. The summed E-state index contributed by atoms with van der Waals surface area (Å²) in [5.74, 6) is -0.142. The molecule has 0 spiro atoms. The molecule has 0 radical (unpaired) electrons. The predicted molar refractivity (Wildman–Crippen MR) is 96.5 cm³/mol. The van der Waals surface area contributed by atoms with E-state index in [-0.39, 0.29) is 30.5 Å². The Morgan fingerprint density at radius 3 is 2.77 bits per heavy atom. The van der Waals surface area contributed by atoms with Gasteiger partial charge in [-0.3, -0.25) is 9.89 Å². The van der Waals surface area contributed by atoms with Gasteiger partial charge in [-0.15, -0.1) is 0 Å². The van der Waals surface area contributed by atoms with Crippen molar-refractivity contribution in [1.29, 1.82) is 0 Å². The Labute approximate surface area is 152 Å². The molecule has 0 aliphatic carbocycles. The normalized spacial score (nSPS) is 18.3. The highest BCUT2D eigenvalue weighted by Crippen LogP contribution is 2.20. The number of nitrogens with one attached hydrogen (secondary N) is 2.